The lowest BCUT2D eigenvalue weighted by Crippen LogP contribution is -2.43. The monoisotopic (exact) mass is 272 g/mol. The molecule has 1 aromatic heterocycles. The van der Waals surface area contributed by atoms with E-state index >= 15 is 0 Å². The van der Waals surface area contributed by atoms with Crippen molar-refractivity contribution < 1.29 is 14.3 Å². The summed E-state index contributed by atoms with van der Waals surface area (Å²) >= 11 is 5.65. The van der Waals surface area contributed by atoms with Crippen LogP contribution in [0.5, 0.6) is 0 Å². The van der Waals surface area contributed by atoms with Crippen LogP contribution in [0.15, 0.2) is 12.3 Å². The summed E-state index contributed by atoms with van der Waals surface area (Å²) in [4.78, 5) is 16.7. The summed E-state index contributed by atoms with van der Waals surface area (Å²) in [6, 6.07) is 1.19. The van der Waals surface area contributed by atoms with Gasteiger partial charge in [-0.25, -0.2) is 9.37 Å². The summed E-state index contributed by atoms with van der Waals surface area (Å²) in [7, 11) is 0. The Labute approximate surface area is 109 Å². The number of carboxylic acids is 1. The smallest absolute Gasteiger partial charge is 0.308 e. The Bertz CT molecular complexity index is 469. The van der Waals surface area contributed by atoms with Crippen molar-refractivity contribution in [3.63, 3.8) is 0 Å². The number of rotatable bonds is 2. The molecule has 1 saturated heterocycles. The van der Waals surface area contributed by atoms with E-state index in [2.05, 4.69) is 4.98 Å². The minimum Gasteiger partial charge on any atom is -0.481 e. The van der Waals surface area contributed by atoms with Gasteiger partial charge in [-0.05, 0) is 18.4 Å². The van der Waals surface area contributed by atoms with E-state index in [4.69, 9.17) is 16.7 Å². The molecule has 0 amide bonds. The maximum atomic E-state index is 13.8. The number of nitrogens with zero attached hydrogens (tertiary/aromatic N) is 2. The quantitative estimate of drug-likeness (QED) is 0.898. The van der Waals surface area contributed by atoms with Gasteiger partial charge in [-0.2, -0.15) is 0 Å². The fraction of sp³-hybridized carbons (Fsp3) is 0.500. The van der Waals surface area contributed by atoms with Crippen LogP contribution in [0.4, 0.5) is 10.2 Å². The lowest BCUT2D eigenvalue weighted by atomic mass is 9.90. The summed E-state index contributed by atoms with van der Waals surface area (Å²) in [5, 5.41) is 9.30. The van der Waals surface area contributed by atoms with Crippen molar-refractivity contribution in [3.8, 4) is 0 Å². The van der Waals surface area contributed by atoms with Crippen LogP contribution in [-0.2, 0) is 4.79 Å². The second-order valence-corrected chi connectivity index (χ2v) is 5.18. The Hall–Kier alpha value is -1.36. The lowest BCUT2D eigenvalue weighted by Gasteiger charge is -2.35. The van der Waals surface area contributed by atoms with Crippen LogP contribution in [0, 0.1) is 17.7 Å². The molecule has 18 heavy (non-hydrogen) atoms. The Balaban J connectivity index is 2.24. The molecule has 2 heterocycles. The normalized spacial score (nSPS) is 24.1. The van der Waals surface area contributed by atoms with E-state index in [1.165, 1.54) is 12.3 Å². The molecule has 0 bridgehead atoms. The summed E-state index contributed by atoms with van der Waals surface area (Å²) in [6.45, 7) is 2.84. The number of carboxylic acid groups (broad SMARTS) is 1. The van der Waals surface area contributed by atoms with Gasteiger partial charge in [-0.15, -0.1) is 0 Å². The van der Waals surface area contributed by atoms with Crippen molar-refractivity contribution >= 4 is 23.4 Å². The van der Waals surface area contributed by atoms with E-state index in [0.717, 1.165) is 0 Å². The SMILES string of the molecule is CC1CC(C(=O)O)CN(c2ncc(Cl)cc2F)C1. The van der Waals surface area contributed by atoms with Gasteiger partial charge in [0.05, 0.1) is 10.9 Å². The van der Waals surface area contributed by atoms with Crippen molar-refractivity contribution in [2.45, 2.75) is 13.3 Å². The number of aromatic nitrogens is 1. The van der Waals surface area contributed by atoms with Gasteiger partial charge in [-0.3, -0.25) is 4.79 Å². The molecule has 98 valence electrons. The third kappa shape index (κ3) is 2.72. The second-order valence-electron chi connectivity index (χ2n) is 4.74. The maximum Gasteiger partial charge on any atom is 0.308 e. The fourth-order valence-electron chi connectivity index (χ4n) is 2.34. The highest BCUT2D eigenvalue weighted by atomic mass is 35.5. The summed E-state index contributed by atoms with van der Waals surface area (Å²) in [6.07, 6.45) is 1.98. The van der Waals surface area contributed by atoms with Crippen molar-refractivity contribution in [3.05, 3.63) is 23.1 Å². The Morgan fingerprint density at radius 3 is 2.94 bits per heavy atom. The van der Waals surface area contributed by atoms with E-state index < -0.39 is 17.7 Å². The Morgan fingerprint density at radius 2 is 2.33 bits per heavy atom. The standard InChI is InChI=1S/C12H14ClFN2O2/c1-7-2-8(12(17)18)6-16(5-7)11-10(14)3-9(13)4-15-11/h3-4,7-8H,2,5-6H2,1H3,(H,17,18). The zero-order valence-electron chi connectivity index (χ0n) is 9.94. The molecule has 0 saturated carbocycles. The average Bonchev–Trinajstić information content (AvgIpc) is 2.27. The van der Waals surface area contributed by atoms with Crippen LogP contribution in [-0.4, -0.2) is 29.1 Å². The van der Waals surface area contributed by atoms with Crippen LogP contribution in [0.1, 0.15) is 13.3 Å². The van der Waals surface area contributed by atoms with Gasteiger partial charge in [-0.1, -0.05) is 18.5 Å². The Kier molecular flexibility index (Phi) is 3.71. The highest BCUT2D eigenvalue weighted by Crippen LogP contribution is 2.28. The number of piperidine rings is 1. The molecule has 1 fully saturated rings. The summed E-state index contributed by atoms with van der Waals surface area (Å²) in [5.74, 6) is -1.47. The van der Waals surface area contributed by atoms with E-state index in [9.17, 15) is 9.18 Å². The lowest BCUT2D eigenvalue weighted by molar-refractivity contribution is -0.142. The average molecular weight is 273 g/mol. The highest BCUT2D eigenvalue weighted by molar-refractivity contribution is 6.30. The second kappa shape index (κ2) is 5.10. The van der Waals surface area contributed by atoms with E-state index in [0.29, 0.717) is 13.0 Å². The van der Waals surface area contributed by atoms with E-state index in [1.54, 1.807) is 4.90 Å². The zero-order chi connectivity index (χ0) is 13.3. The molecule has 2 atom stereocenters. The first-order valence-electron chi connectivity index (χ1n) is 5.76. The maximum absolute atomic E-state index is 13.8. The molecule has 2 unspecified atom stereocenters. The molecule has 0 aliphatic carbocycles. The van der Waals surface area contributed by atoms with Gasteiger partial charge >= 0.3 is 5.97 Å². The van der Waals surface area contributed by atoms with E-state index in [1.807, 2.05) is 6.92 Å². The van der Waals surface area contributed by atoms with Gasteiger partial charge in [0.1, 0.15) is 0 Å². The molecule has 6 heteroatoms. The first-order chi connectivity index (χ1) is 8.47. The molecular formula is C12H14ClFN2O2. The Morgan fingerprint density at radius 1 is 1.61 bits per heavy atom. The van der Waals surface area contributed by atoms with Crippen LogP contribution >= 0.6 is 11.6 Å². The first kappa shape index (κ1) is 13.1. The van der Waals surface area contributed by atoms with Gasteiger partial charge in [0.15, 0.2) is 11.6 Å². The number of halogens is 2. The number of anilines is 1. The van der Waals surface area contributed by atoms with Crippen LogP contribution in [0.25, 0.3) is 0 Å². The van der Waals surface area contributed by atoms with Crippen LogP contribution in [0.3, 0.4) is 0 Å². The predicted molar refractivity (Wildman–Crippen MR) is 66.3 cm³/mol. The molecule has 1 N–H and O–H groups in total. The zero-order valence-corrected chi connectivity index (χ0v) is 10.7. The molecule has 2 rings (SSSR count). The van der Waals surface area contributed by atoms with Crippen LogP contribution in [0.2, 0.25) is 5.02 Å². The number of pyridine rings is 1. The topological polar surface area (TPSA) is 53.4 Å². The van der Waals surface area contributed by atoms with Crippen molar-refractivity contribution in [1.29, 1.82) is 0 Å². The van der Waals surface area contributed by atoms with Gasteiger partial charge in [0.25, 0.3) is 0 Å². The van der Waals surface area contributed by atoms with Crippen molar-refractivity contribution in [2.75, 3.05) is 18.0 Å². The van der Waals surface area contributed by atoms with Gasteiger partial charge in [0.2, 0.25) is 0 Å². The fourth-order valence-corrected chi connectivity index (χ4v) is 2.49. The minimum absolute atomic E-state index is 0.178. The van der Waals surface area contributed by atoms with Crippen LogP contribution < -0.4 is 4.90 Å². The van der Waals surface area contributed by atoms with Crippen molar-refractivity contribution in [1.82, 2.24) is 4.98 Å². The predicted octanol–water partition coefficient (Wildman–Crippen LogP) is 2.42. The molecule has 1 aromatic rings. The number of hydrogen-bond donors (Lipinski definition) is 1. The molecule has 0 spiro atoms. The third-order valence-electron chi connectivity index (χ3n) is 3.10. The van der Waals surface area contributed by atoms with Gasteiger partial charge < -0.3 is 10.0 Å². The van der Waals surface area contributed by atoms with Crippen molar-refractivity contribution in [2.24, 2.45) is 11.8 Å². The number of carbonyl (C=O) groups is 1. The molecule has 1 aliphatic heterocycles. The summed E-state index contributed by atoms with van der Waals surface area (Å²) < 4.78 is 13.8. The summed E-state index contributed by atoms with van der Waals surface area (Å²) in [5.41, 5.74) is 0. The molecule has 0 radical (unpaired) electrons. The molecular weight excluding hydrogens is 259 g/mol. The third-order valence-corrected chi connectivity index (χ3v) is 3.30. The van der Waals surface area contributed by atoms with Gasteiger partial charge in [0, 0.05) is 19.3 Å². The molecule has 1 aliphatic rings. The largest absolute Gasteiger partial charge is 0.481 e. The number of aliphatic carboxylic acids is 1. The molecule has 0 aromatic carbocycles. The minimum atomic E-state index is -0.846. The molecule has 4 nitrogen and oxygen atoms in total. The number of hydrogen-bond acceptors (Lipinski definition) is 3. The van der Waals surface area contributed by atoms with E-state index in [-0.39, 0.29) is 23.3 Å². The first-order valence-corrected chi connectivity index (χ1v) is 6.14. The highest BCUT2D eigenvalue weighted by Gasteiger charge is 2.31.